The van der Waals surface area contributed by atoms with Crippen LogP contribution in [0.15, 0.2) is 30.4 Å². The predicted octanol–water partition coefficient (Wildman–Crippen LogP) is 1.10. The van der Waals surface area contributed by atoms with Crippen LogP contribution in [0.5, 0.6) is 0 Å². The molecule has 0 aliphatic rings. The summed E-state index contributed by atoms with van der Waals surface area (Å²) in [4.78, 5) is 13.8. The molecular weight excluding hydrogens is 196 g/mol. The Hall–Kier alpha value is -2.11. The van der Waals surface area contributed by atoms with Gasteiger partial charge in [-0.25, -0.2) is 0 Å². The Bertz CT molecular complexity index is 389. The van der Waals surface area contributed by atoms with Crippen LogP contribution in [0.2, 0.25) is 0 Å². The van der Waals surface area contributed by atoms with E-state index in [1.165, 1.54) is 0 Å². The number of aryl methyl sites for hydroxylation is 1. The first-order valence-electron chi connectivity index (χ1n) is 4.35. The lowest BCUT2D eigenvalue weighted by Gasteiger charge is -2.09. The molecule has 0 unspecified atom stereocenters. The van der Waals surface area contributed by atoms with Crippen LogP contribution in [0.4, 0.5) is 5.69 Å². The fraction of sp³-hybridized carbons (Fsp3) is 0.222. The summed E-state index contributed by atoms with van der Waals surface area (Å²) in [5.74, 6) is 0.316. The molecule has 0 aliphatic carbocycles. The number of hydrogen-bond acceptors (Lipinski definition) is 5. The fourth-order valence-electron chi connectivity index (χ4n) is 1.03. The molecule has 0 saturated carbocycles. The number of nitro groups is 1. The van der Waals surface area contributed by atoms with Gasteiger partial charge in [-0.2, -0.15) is 0 Å². The van der Waals surface area contributed by atoms with Gasteiger partial charge in [-0.3, -0.25) is 15.1 Å². The molecule has 0 amide bonds. The Morgan fingerprint density at radius 2 is 2.40 bits per heavy atom. The summed E-state index contributed by atoms with van der Waals surface area (Å²) in [7, 11) is 1.61. The molecule has 0 saturated heterocycles. The topological polar surface area (TPSA) is 80.1 Å². The van der Waals surface area contributed by atoms with Crippen LogP contribution in [0.25, 0.3) is 0 Å². The second kappa shape index (κ2) is 4.94. The van der Waals surface area contributed by atoms with E-state index in [0.717, 1.165) is 17.6 Å². The maximum Gasteiger partial charge on any atom is 0.274 e. The molecule has 6 heteroatoms. The van der Waals surface area contributed by atoms with E-state index in [9.17, 15) is 10.1 Å². The van der Waals surface area contributed by atoms with Crippen molar-refractivity contribution in [3.8, 4) is 0 Å². The highest BCUT2D eigenvalue weighted by Crippen LogP contribution is 2.11. The minimum Gasteiger partial charge on any atom is -0.370 e. The molecule has 1 heterocycles. The second-order valence-electron chi connectivity index (χ2n) is 2.84. The summed E-state index contributed by atoms with van der Waals surface area (Å²) in [5.41, 5.74) is 1.52. The van der Waals surface area contributed by atoms with Crippen molar-refractivity contribution in [2.24, 2.45) is 0 Å². The standard InChI is InChI=1S/C9H12N4O2/c1-7-8(4-3-5-11-7)12-9(10-2)6-13(14)15/h3-6,10,12H,1-2H3/b9-6+. The average Bonchev–Trinajstić information content (AvgIpc) is 2.19. The van der Waals surface area contributed by atoms with Gasteiger partial charge in [0, 0.05) is 13.2 Å². The van der Waals surface area contributed by atoms with Crippen LogP contribution in [0, 0.1) is 17.0 Å². The highest BCUT2D eigenvalue weighted by Gasteiger charge is 2.03. The van der Waals surface area contributed by atoms with Crippen LogP contribution < -0.4 is 10.6 Å². The fourth-order valence-corrected chi connectivity index (χ4v) is 1.03. The molecule has 1 rings (SSSR count). The minimum atomic E-state index is -0.523. The summed E-state index contributed by atoms with van der Waals surface area (Å²) >= 11 is 0. The van der Waals surface area contributed by atoms with Crippen LogP contribution in [-0.2, 0) is 0 Å². The zero-order valence-corrected chi connectivity index (χ0v) is 8.52. The van der Waals surface area contributed by atoms with Gasteiger partial charge in [0.1, 0.15) is 0 Å². The lowest BCUT2D eigenvalue weighted by molar-refractivity contribution is -0.403. The average molecular weight is 208 g/mol. The quantitative estimate of drug-likeness (QED) is 0.572. The van der Waals surface area contributed by atoms with E-state index in [1.54, 1.807) is 25.4 Å². The van der Waals surface area contributed by atoms with Gasteiger partial charge in [-0.15, -0.1) is 0 Å². The van der Waals surface area contributed by atoms with E-state index in [0.29, 0.717) is 5.82 Å². The highest BCUT2D eigenvalue weighted by atomic mass is 16.6. The first kappa shape index (κ1) is 11.0. The summed E-state index contributed by atoms with van der Waals surface area (Å²) in [5, 5.41) is 15.8. The van der Waals surface area contributed by atoms with E-state index >= 15 is 0 Å². The van der Waals surface area contributed by atoms with E-state index in [4.69, 9.17) is 0 Å². The first-order chi connectivity index (χ1) is 7.13. The number of hydrogen-bond donors (Lipinski definition) is 2. The van der Waals surface area contributed by atoms with Crippen LogP contribution in [0.3, 0.4) is 0 Å². The van der Waals surface area contributed by atoms with Crippen molar-refractivity contribution in [3.63, 3.8) is 0 Å². The maximum absolute atomic E-state index is 10.3. The Labute approximate surface area is 87.2 Å². The summed E-state index contributed by atoms with van der Waals surface area (Å²) in [6, 6.07) is 3.56. The van der Waals surface area contributed by atoms with Crippen LogP contribution in [-0.4, -0.2) is 17.0 Å². The van der Waals surface area contributed by atoms with Gasteiger partial charge in [0.25, 0.3) is 6.20 Å². The number of rotatable bonds is 4. The van der Waals surface area contributed by atoms with Crippen LogP contribution >= 0.6 is 0 Å². The Kier molecular flexibility index (Phi) is 3.61. The van der Waals surface area contributed by atoms with Crippen LogP contribution in [0.1, 0.15) is 5.69 Å². The van der Waals surface area contributed by atoms with Crippen molar-refractivity contribution >= 4 is 5.69 Å². The van der Waals surface area contributed by atoms with Crippen molar-refractivity contribution in [1.82, 2.24) is 10.3 Å². The van der Waals surface area contributed by atoms with Crippen molar-refractivity contribution in [2.45, 2.75) is 6.92 Å². The molecule has 15 heavy (non-hydrogen) atoms. The van der Waals surface area contributed by atoms with Gasteiger partial charge < -0.3 is 10.6 Å². The molecule has 0 aliphatic heterocycles. The highest BCUT2D eigenvalue weighted by molar-refractivity contribution is 5.50. The number of aromatic nitrogens is 1. The number of pyridine rings is 1. The van der Waals surface area contributed by atoms with E-state index < -0.39 is 4.92 Å². The number of nitrogens with one attached hydrogen (secondary N) is 2. The molecule has 0 fully saturated rings. The molecule has 0 spiro atoms. The van der Waals surface area contributed by atoms with Gasteiger partial charge >= 0.3 is 0 Å². The molecular formula is C9H12N4O2. The molecule has 0 bridgehead atoms. The Balaban J connectivity index is 2.85. The van der Waals surface area contributed by atoms with E-state index in [-0.39, 0.29) is 0 Å². The van der Waals surface area contributed by atoms with Crippen molar-refractivity contribution in [2.75, 3.05) is 12.4 Å². The van der Waals surface area contributed by atoms with Crippen molar-refractivity contribution in [1.29, 1.82) is 0 Å². The van der Waals surface area contributed by atoms with Gasteiger partial charge in [0.05, 0.1) is 16.3 Å². The van der Waals surface area contributed by atoms with E-state index in [1.807, 2.05) is 6.92 Å². The predicted molar refractivity (Wildman–Crippen MR) is 56.7 cm³/mol. The summed E-state index contributed by atoms with van der Waals surface area (Å²) in [6.45, 7) is 1.82. The molecule has 1 aromatic heterocycles. The zero-order chi connectivity index (χ0) is 11.3. The van der Waals surface area contributed by atoms with Crippen molar-refractivity contribution in [3.05, 3.63) is 46.2 Å². The van der Waals surface area contributed by atoms with Gasteiger partial charge in [-0.1, -0.05) is 0 Å². The maximum atomic E-state index is 10.3. The lowest BCUT2D eigenvalue weighted by Crippen LogP contribution is -2.16. The molecule has 6 nitrogen and oxygen atoms in total. The van der Waals surface area contributed by atoms with Gasteiger partial charge in [-0.05, 0) is 19.1 Å². The third-order valence-electron chi connectivity index (χ3n) is 1.78. The number of nitrogens with zero attached hydrogens (tertiary/aromatic N) is 2. The smallest absolute Gasteiger partial charge is 0.274 e. The SMILES string of the molecule is CN/C(=C\[N+](=O)[O-])Nc1cccnc1C. The molecule has 2 N–H and O–H groups in total. The molecule has 0 atom stereocenters. The Morgan fingerprint density at radius 3 is 2.93 bits per heavy atom. The molecule has 0 radical (unpaired) electrons. The Morgan fingerprint density at radius 1 is 1.67 bits per heavy atom. The summed E-state index contributed by atoms with van der Waals surface area (Å²) in [6.07, 6.45) is 2.53. The molecule has 0 aromatic carbocycles. The van der Waals surface area contributed by atoms with E-state index in [2.05, 4.69) is 15.6 Å². The zero-order valence-electron chi connectivity index (χ0n) is 8.52. The second-order valence-corrected chi connectivity index (χ2v) is 2.84. The third-order valence-corrected chi connectivity index (χ3v) is 1.78. The monoisotopic (exact) mass is 208 g/mol. The van der Waals surface area contributed by atoms with Gasteiger partial charge in [0.15, 0.2) is 5.82 Å². The van der Waals surface area contributed by atoms with Crippen molar-refractivity contribution < 1.29 is 4.92 Å². The third kappa shape index (κ3) is 3.26. The normalized spacial score (nSPS) is 10.9. The minimum absolute atomic E-state index is 0.316. The van der Waals surface area contributed by atoms with Gasteiger partial charge in [0.2, 0.25) is 0 Å². The largest absolute Gasteiger partial charge is 0.370 e. The lowest BCUT2D eigenvalue weighted by atomic mass is 10.3. The molecule has 1 aromatic rings. The summed E-state index contributed by atoms with van der Waals surface area (Å²) < 4.78 is 0. The molecule has 80 valence electrons. The first-order valence-corrected chi connectivity index (χ1v) is 4.35. The number of anilines is 1.